The van der Waals surface area contributed by atoms with Gasteiger partial charge in [-0.1, -0.05) is 50.8 Å². The van der Waals surface area contributed by atoms with Gasteiger partial charge in [-0.05, 0) is 67.6 Å². The summed E-state index contributed by atoms with van der Waals surface area (Å²) in [5.74, 6) is 1.28. The summed E-state index contributed by atoms with van der Waals surface area (Å²) in [5.41, 5.74) is 1.85. The number of hydrogen-bond acceptors (Lipinski definition) is 0. The minimum absolute atomic E-state index is 0.125. The molecular weight excluding hydrogens is 290 g/mol. The first-order chi connectivity index (χ1) is 11.2. The van der Waals surface area contributed by atoms with Crippen molar-refractivity contribution in [2.24, 2.45) is 5.92 Å². The van der Waals surface area contributed by atoms with E-state index in [0.717, 1.165) is 11.5 Å². The van der Waals surface area contributed by atoms with Gasteiger partial charge in [-0.3, -0.25) is 0 Å². The molecule has 0 aromatic heterocycles. The zero-order valence-electron chi connectivity index (χ0n) is 14.4. The highest BCUT2D eigenvalue weighted by atomic mass is 19.1. The second-order valence-electron chi connectivity index (χ2n) is 6.96. The third-order valence-corrected chi connectivity index (χ3v) is 5.28. The fourth-order valence-corrected chi connectivity index (χ4v) is 3.79. The standard InChI is InChI=1S/C21H30F2/c1-2-3-4-7-17-9-11-18(12-10-17)20-14-13-19(21(23)16-20)8-5-6-15-22/h6,13-18H,2-5,7-12H2,1H3/t17-,18-. The fraction of sp³-hybridized carbons (Fsp3) is 0.619. The van der Waals surface area contributed by atoms with Crippen molar-refractivity contribution in [1.29, 1.82) is 0 Å². The van der Waals surface area contributed by atoms with Gasteiger partial charge in [-0.25, -0.2) is 8.78 Å². The van der Waals surface area contributed by atoms with Crippen molar-refractivity contribution in [1.82, 2.24) is 0 Å². The SMILES string of the molecule is CCCCC[C@H]1CC[C@H](c2ccc(CCC=CF)c(F)c2)CC1. The summed E-state index contributed by atoms with van der Waals surface area (Å²) in [6.07, 6.45) is 13.4. The van der Waals surface area contributed by atoms with Crippen LogP contribution in [0.15, 0.2) is 30.6 Å². The van der Waals surface area contributed by atoms with Gasteiger partial charge in [0, 0.05) is 0 Å². The van der Waals surface area contributed by atoms with Crippen LogP contribution in [-0.2, 0) is 6.42 Å². The van der Waals surface area contributed by atoms with Gasteiger partial charge in [0.1, 0.15) is 5.82 Å². The van der Waals surface area contributed by atoms with E-state index in [1.165, 1.54) is 57.4 Å². The largest absolute Gasteiger partial charge is 0.216 e. The van der Waals surface area contributed by atoms with E-state index < -0.39 is 0 Å². The molecule has 0 unspecified atom stereocenters. The lowest BCUT2D eigenvalue weighted by Crippen LogP contribution is -2.13. The summed E-state index contributed by atoms with van der Waals surface area (Å²) in [6, 6.07) is 5.69. The molecule has 1 aromatic rings. The summed E-state index contributed by atoms with van der Waals surface area (Å²) in [6.45, 7) is 2.25. The van der Waals surface area contributed by atoms with Crippen LogP contribution in [0.5, 0.6) is 0 Å². The Morgan fingerprint density at radius 2 is 1.91 bits per heavy atom. The molecule has 1 aliphatic rings. The molecule has 0 heterocycles. The quantitative estimate of drug-likeness (QED) is 0.448. The highest BCUT2D eigenvalue weighted by Crippen LogP contribution is 2.38. The Balaban J connectivity index is 1.84. The van der Waals surface area contributed by atoms with Crippen molar-refractivity contribution in [3.8, 4) is 0 Å². The molecule has 128 valence electrons. The molecule has 0 atom stereocenters. The Labute approximate surface area is 140 Å². The van der Waals surface area contributed by atoms with Gasteiger partial charge >= 0.3 is 0 Å². The zero-order valence-corrected chi connectivity index (χ0v) is 14.4. The zero-order chi connectivity index (χ0) is 16.5. The molecule has 0 amide bonds. The summed E-state index contributed by atoms with van der Waals surface area (Å²) < 4.78 is 26.2. The molecule has 1 aliphatic carbocycles. The van der Waals surface area contributed by atoms with Crippen molar-refractivity contribution >= 4 is 0 Å². The molecule has 0 nitrogen and oxygen atoms in total. The molecule has 0 aliphatic heterocycles. The Hall–Kier alpha value is -1.18. The smallest absolute Gasteiger partial charge is 0.126 e. The lowest BCUT2D eigenvalue weighted by Gasteiger charge is -2.29. The van der Waals surface area contributed by atoms with Gasteiger partial charge in [-0.15, -0.1) is 0 Å². The van der Waals surface area contributed by atoms with Crippen LogP contribution in [0.3, 0.4) is 0 Å². The number of rotatable bonds is 8. The molecule has 1 saturated carbocycles. The van der Waals surface area contributed by atoms with Gasteiger partial charge < -0.3 is 0 Å². The van der Waals surface area contributed by atoms with E-state index in [1.54, 1.807) is 6.07 Å². The van der Waals surface area contributed by atoms with Crippen molar-refractivity contribution in [3.63, 3.8) is 0 Å². The second-order valence-corrected chi connectivity index (χ2v) is 6.96. The lowest BCUT2D eigenvalue weighted by atomic mass is 9.77. The third kappa shape index (κ3) is 5.75. The minimum atomic E-state index is -0.125. The summed E-state index contributed by atoms with van der Waals surface area (Å²) in [7, 11) is 0. The van der Waals surface area contributed by atoms with Crippen LogP contribution in [0.1, 0.15) is 81.8 Å². The maximum absolute atomic E-state index is 14.2. The van der Waals surface area contributed by atoms with Crippen LogP contribution in [0.2, 0.25) is 0 Å². The highest BCUT2D eigenvalue weighted by molar-refractivity contribution is 5.27. The summed E-state index contributed by atoms with van der Waals surface area (Å²) in [5, 5.41) is 0. The third-order valence-electron chi connectivity index (χ3n) is 5.28. The molecule has 0 bridgehead atoms. The topological polar surface area (TPSA) is 0 Å². The molecule has 0 saturated heterocycles. The number of halogens is 2. The van der Waals surface area contributed by atoms with Crippen molar-refractivity contribution < 1.29 is 8.78 Å². The first-order valence-corrected chi connectivity index (χ1v) is 9.28. The monoisotopic (exact) mass is 320 g/mol. The molecule has 1 fully saturated rings. The molecule has 23 heavy (non-hydrogen) atoms. The Kier molecular flexibility index (Phi) is 7.78. The van der Waals surface area contributed by atoms with Crippen LogP contribution in [-0.4, -0.2) is 0 Å². The van der Waals surface area contributed by atoms with Gasteiger partial charge in [0.15, 0.2) is 0 Å². The van der Waals surface area contributed by atoms with Crippen molar-refractivity contribution in [2.45, 2.75) is 77.0 Å². The van der Waals surface area contributed by atoms with E-state index >= 15 is 0 Å². The first-order valence-electron chi connectivity index (χ1n) is 9.28. The van der Waals surface area contributed by atoms with Crippen LogP contribution in [0, 0.1) is 11.7 Å². The number of hydrogen-bond donors (Lipinski definition) is 0. The molecule has 0 spiro atoms. The molecule has 1 aromatic carbocycles. The van der Waals surface area contributed by atoms with Gasteiger partial charge in [0.2, 0.25) is 0 Å². The van der Waals surface area contributed by atoms with Crippen LogP contribution in [0.4, 0.5) is 8.78 Å². The molecular formula is C21H30F2. The normalized spacial score (nSPS) is 21.9. The lowest BCUT2D eigenvalue weighted by molar-refractivity contribution is 0.302. The number of unbranched alkanes of at least 4 members (excludes halogenated alkanes) is 2. The van der Waals surface area contributed by atoms with E-state index in [1.807, 2.05) is 6.07 Å². The molecule has 2 heteroatoms. The molecule has 0 radical (unpaired) electrons. The van der Waals surface area contributed by atoms with E-state index in [0.29, 0.717) is 30.7 Å². The van der Waals surface area contributed by atoms with Gasteiger partial charge in [0.05, 0.1) is 6.33 Å². The second kappa shape index (κ2) is 9.85. The van der Waals surface area contributed by atoms with E-state index in [2.05, 4.69) is 13.0 Å². The maximum atomic E-state index is 14.2. The van der Waals surface area contributed by atoms with Crippen molar-refractivity contribution in [2.75, 3.05) is 0 Å². The highest BCUT2D eigenvalue weighted by Gasteiger charge is 2.22. The average Bonchev–Trinajstić information content (AvgIpc) is 2.57. The minimum Gasteiger partial charge on any atom is -0.216 e. The Bertz CT molecular complexity index is 485. The fourth-order valence-electron chi connectivity index (χ4n) is 3.79. The maximum Gasteiger partial charge on any atom is 0.126 e. The van der Waals surface area contributed by atoms with Crippen molar-refractivity contribution in [3.05, 3.63) is 47.5 Å². The molecule has 2 rings (SSSR count). The molecule has 0 N–H and O–H groups in total. The number of aryl methyl sites for hydroxylation is 1. The van der Waals surface area contributed by atoms with Gasteiger partial charge in [-0.2, -0.15) is 0 Å². The predicted molar refractivity (Wildman–Crippen MR) is 93.8 cm³/mol. The van der Waals surface area contributed by atoms with E-state index in [4.69, 9.17) is 0 Å². The Morgan fingerprint density at radius 3 is 2.57 bits per heavy atom. The predicted octanol–water partition coefficient (Wildman–Crippen LogP) is 7.10. The average molecular weight is 320 g/mol. The van der Waals surface area contributed by atoms with Crippen LogP contribution in [0.25, 0.3) is 0 Å². The van der Waals surface area contributed by atoms with E-state index in [-0.39, 0.29) is 5.82 Å². The Morgan fingerprint density at radius 1 is 1.13 bits per heavy atom. The van der Waals surface area contributed by atoms with Crippen LogP contribution < -0.4 is 0 Å². The number of benzene rings is 1. The summed E-state index contributed by atoms with van der Waals surface area (Å²) >= 11 is 0. The number of allylic oxidation sites excluding steroid dienone is 1. The first kappa shape index (κ1) is 18.2. The van der Waals surface area contributed by atoms with Crippen LogP contribution >= 0.6 is 0 Å². The summed E-state index contributed by atoms with van der Waals surface area (Å²) in [4.78, 5) is 0. The van der Waals surface area contributed by atoms with E-state index in [9.17, 15) is 8.78 Å². The van der Waals surface area contributed by atoms with Gasteiger partial charge in [0.25, 0.3) is 0 Å².